The number of halogens is 1. The molecular formula is C13H18BrN. The summed E-state index contributed by atoms with van der Waals surface area (Å²) in [6.07, 6.45) is 4.71. The molecule has 15 heavy (non-hydrogen) atoms. The minimum atomic E-state index is -0.105. The molecule has 0 atom stereocenters. The molecule has 0 unspecified atom stereocenters. The van der Waals surface area contributed by atoms with E-state index in [2.05, 4.69) is 41.1 Å². The third-order valence-corrected chi connectivity index (χ3v) is 4.27. The van der Waals surface area contributed by atoms with Crippen molar-refractivity contribution in [3.05, 3.63) is 34.3 Å². The Labute approximate surface area is 100 Å². The van der Waals surface area contributed by atoms with Crippen molar-refractivity contribution >= 4 is 15.9 Å². The fourth-order valence-electron chi connectivity index (χ4n) is 2.41. The molecule has 1 nitrogen and oxygen atoms in total. The zero-order valence-corrected chi connectivity index (χ0v) is 10.8. The fraction of sp³-hybridized carbons (Fsp3) is 0.538. The number of rotatable bonds is 1. The molecule has 0 heterocycles. The van der Waals surface area contributed by atoms with E-state index in [1.54, 1.807) is 0 Å². The van der Waals surface area contributed by atoms with Crippen LogP contribution in [0.15, 0.2) is 28.7 Å². The van der Waals surface area contributed by atoms with Crippen molar-refractivity contribution in [1.82, 2.24) is 0 Å². The van der Waals surface area contributed by atoms with Crippen LogP contribution < -0.4 is 5.73 Å². The molecule has 0 saturated heterocycles. The number of hydrogen-bond acceptors (Lipinski definition) is 1. The van der Waals surface area contributed by atoms with E-state index in [1.807, 2.05) is 6.07 Å². The highest BCUT2D eigenvalue weighted by molar-refractivity contribution is 9.10. The van der Waals surface area contributed by atoms with Crippen LogP contribution in [-0.2, 0) is 5.54 Å². The Morgan fingerprint density at radius 2 is 1.87 bits per heavy atom. The first kappa shape index (κ1) is 11.2. The average Bonchev–Trinajstić information content (AvgIpc) is 2.23. The third-order valence-electron chi connectivity index (χ3n) is 3.58. The molecular weight excluding hydrogens is 250 g/mol. The molecule has 1 saturated carbocycles. The van der Waals surface area contributed by atoms with Gasteiger partial charge in [0.05, 0.1) is 0 Å². The molecule has 1 aromatic carbocycles. The first-order chi connectivity index (χ1) is 7.12. The predicted octanol–water partition coefficient (Wildman–Crippen LogP) is 3.81. The van der Waals surface area contributed by atoms with Gasteiger partial charge in [0.25, 0.3) is 0 Å². The molecule has 0 amide bonds. The van der Waals surface area contributed by atoms with Crippen LogP contribution >= 0.6 is 15.9 Å². The molecule has 1 aliphatic carbocycles. The standard InChI is InChI=1S/C13H18BrN/c1-10-6-8-13(15,9-7-10)11-4-2-3-5-12(11)14/h2-5,10H,6-9,15H2,1H3. The van der Waals surface area contributed by atoms with Crippen LogP contribution in [0, 0.1) is 5.92 Å². The van der Waals surface area contributed by atoms with Gasteiger partial charge in [0.15, 0.2) is 0 Å². The van der Waals surface area contributed by atoms with E-state index in [0.29, 0.717) is 0 Å². The van der Waals surface area contributed by atoms with E-state index in [4.69, 9.17) is 5.73 Å². The average molecular weight is 268 g/mol. The Morgan fingerprint density at radius 3 is 2.47 bits per heavy atom. The van der Waals surface area contributed by atoms with Crippen LogP contribution in [0.2, 0.25) is 0 Å². The second-order valence-electron chi connectivity index (χ2n) is 4.82. The van der Waals surface area contributed by atoms with Crippen LogP contribution in [0.3, 0.4) is 0 Å². The van der Waals surface area contributed by atoms with Gasteiger partial charge in [0.1, 0.15) is 0 Å². The summed E-state index contributed by atoms with van der Waals surface area (Å²) in [6.45, 7) is 2.32. The topological polar surface area (TPSA) is 26.0 Å². The highest BCUT2D eigenvalue weighted by Gasteiger charge is 2.32. The summed E-state index contributed by atoms with van der Waals surface area (Å²) >= 11 is 3.60. The summed E-state index contributed by atoms with van der Waals surface area (Å²) in [4.78, 5) is 0. The lowest BCUT2D eigenvalue weighted by molar-refractivity contribution is 0.247. The van der Waals surface area contributed by atoms with Crippen molar-refractivity contribution in [2.45, 2.75) is 38.1 Å². The SMILES string of the molecule is CC1CCC(N)(c2ccccc2Br)CC1. The second kappa shape index (κ2) is 4.26. The Bertz CT molecular complexity index is 340. The molecule has 82 valence electrons. The van der Waals surface area contributed by atoms with Gasteiger partial charge in [-0.25, -0.2) is 0 Å². The van der Waals surface area contributed by atoms with E-state index in [0.717, 1.165) is 23.2 Å². The van der Waals surface area contributed by atoms with Crippen LogP contribution in [0.25, 0.3) is 0 Å². The van der Waals surface area contributed by atoms with Gasteiger partial charge in [0.2, 0.25) is 0 Å². The lowest BCUT2D eigenvalue weighted by Crippen LogP contribution is -2.40. The van der Waals surface area contributed by atoms with E-state index in [9.17, 15) is 0 Å². The zero-order valence-electron chi connectivity index (χ0n) is 9.17. The maximum absolute atomic E-state index is 6.51. The van der Waals surface area contributed by atoms with Gasteiger partial charge < -0.3 is 5.73 Å². The first-order valence-corrected chi connectivity index (χ1v) is 6.45. The van der Waals surface area contributed by atoms with Crippen LogP contribution in [0.1, 0.15) is 38.2 Å². The monoisotopic (exact) mass is 267 g/mol. The van der Waals surface area contributed by atoms with Crippen molar-refractivity contribution in [2.75, 3.05) is 0 Å². The number of hydrogen-bond donors (Lipinski definition) is 1. The van der Waals surface area contributed by atoms with E-state index in [-0.39, 0.29) is 5.54 Å². The Balaban J connectivity index is 2.26. The Hall–Kier alpha value is -0.340. The summed E-state index contributed by atoms with van der Waals surface area (Å²) in [5, 5.41) is 0. The molecule has 2 N–H and O–H groups in total. The van der Waals surface area contributed by atoms with Crippen molar-refractivity contribution in [1.29, 1.82) is 0 Å². The molecule has 1 aromatic rings. The maximum Gasteiger partial charge on any atom is 0.0421 e. The van der Waals surface area contributed by atoms with Crippen LogP contribution in [0.5, 0.6) is 0 Å². The molecule has 2 rings (SSSR count). The molecule has 0 bridgehead atoms. The fourth-order valence-corrected chi connectivity index (χ4v) is 3.09. The van der Waals surface area contributed by atoms with Gasteiger partial charge in [-0.05, 0) is 43.2 Å². The molecule has 2 heteroatoms. The van der Waals surface area contributed by atoms with Crippen molar-refractivity contribution in [3.63, 3.8) is 0 Å². The molecule has 0 aromatic heterocycles. The molecule has 0 spiro atoms. The van der Waals surface area contributed by atoms with Gasteiger partial charge in [-0.15, -0.1) is 0 Å². The summed E-state index contributed by atoms with van der Waals surface area (Å²) in [6, 6.07) is 8.36. The molecule has 0 radical (unpaired) electrons. The zero-order chi connectivity index (χ0) is 10.9. The van der Waals surface area contributed by atoms with Gasteiger partial charge >= 0.3 is 0 Å². The van der Waals surface area contributed by atoms with Gasteiger partial charge in [-0.2, -0.15) is 0 Å². The van der Waals surface area contributed by atoms with Crippen molar-refractivity contribution < 1.29 is 0 Å². The van der Waals surface area contributed by atoms with E-state index >= 15 is 0 Å². The lowest BCUT2D eigenvalue weighted by Gasteiger charge is -2.37. The number of benzene rings is 1. The molecule has 0 aliphatic heterocycles. The molecule has 1 aliphatic rings. The largest absolute Gasteiger partial charge is 0.321 e. The molecule has 1 fully saturated rings. The summed E-state index contributed by atoms with van der Waals surface area (Å²) in [7, 11) is 0. The number of nitrogens with two attached hydrogens (primary N) is 1. The van der Waals surface area contributed by atoms with Crippen molar-refractivity contribution in [2.24, 2.45) is 11.7 Å². The summed E-state index contributed by atoms with van der Waals surface area (Å²) < 4.78 is 1.15. The smallest absolute Gasteiger partial charge is 0.0421 e. The summed E-state index contributed by atoms with van der Waals surface area (Å²) in [5.74, 6) is 0.837. The highest BCUT2D eigenvalue weighted by Crippen LogP contribution is 2.39. The van der Waals surface area contributed by atoms with Crippen LogP contribution in [0.4, 0.5) is 0 Å². The van der Waals surface area contributed by atoms with Gasteiger partial charge in [-0.3, -0.25) is 0 Å². The first-order valence-electron chi connectivity index (χ1n) is 5.66. The lowest BCUT2D eigenvalue weighted by atomic mass is 9.74. The normalized spacial score (nSPS) is 31.5. The van der Waals surface area contributed by atoms with Crippen LogP contribution in [-0.4, -0.2) is 0 Å². The van der Waals surface area contributed by atoms with Crippen molar-refractivity contribution in [3.8, 4) is 0 Å². The Morgan fingerprint density at radius 1 is 1.27 bits per heavy atom. The van der Waals surface area contributed by atoms with Gasteiger partial charge in [0, 0.05) is 10.0 Å². The maximum atomic E-state index is 6.51. The third kappa shape index (κ3) is 2.26. The minimum absolute atomic E-state index is 0.105. The quantitative estimate of drug-likeness (QED) is 0.823. The van der Waals surface area contributed by atoms with Gasteiger partial charge in [-0.1, -0.05) is 41.1 Å². The second-order valence-corrected chi connectivity index (χ2v) is 5.67. The summed E-state index contributed by atoms with van der Waals surface area (Å²) in [5.41, 5.74) is 7.68. The highest BCUT2D eigenvalue weighted by atomic mass is 79.9. The predicted molar refractivity (Wildman–Crippen MR) is 67.6 cm³/mol. The minimum Gasteiger partial charge on any atom is -0.321 e. The van der Waals surface area contributed by atoms with E-state index in [1.165, 1.54) is 18.4 Å². The van der Waals surface area contributed by atoms with E-state index < -0.39 is 0 Å². The Kier molecular flexibility index (Phi) is 3.17.